The number of H-pyrrole nitrogens is 1. The Labute approximate surface area is 360 Å². The standard InChI is InChI=1S/C45H56FN9O7/c1-44(2,3)61-42(59)47-25-28-12-16-31(17-13-28)39(56)50-36(41(58)48-32-20-18-30(19-21-32)38-51-53-54-52-38)24-27-10-14-29(15-11-27)34-8-7-9-35(37(34)46)40(57)49-33-22-23-55(26-33)43(60)62-45(4,5)6/h7-11,14-15,18-21,28,31,33,36H,12-13,16-17,22-26H2,1-6H3,(H,47,59)(H,48,58)(H,49,57)(H,50,56)(H,51,52,53,54). The van der Waals surface area contributed by atoms with Crippen molar-refractivity contribution in [1.29, 1.82) is 0 Å². The largest absolute Gasteiger partial charge is 0.444 e. The van der Waals surface area contributed by atoms with Gasteiger partial charge in [-0.15, -0.1) is 10.2 Å². The highest BCUT2D eigenvalue weighted by atomic mass is 19.1. The summed E-state index contributed by atoms with van der Waals surface area (Å²) < 4.78 is 26.8. The minimum atomic E-state index is -0.956. The summed E-state index contributed by atoms with van der Waals surface area (Å²) in [6.07, 6.45) is 2.37. The molecule has 1 aromatic heterocycles. The Morgan fingerprint density at radius 3 is 2.18 bits per heavy atom. The highest BCUT2D eigenvalue weighted by Gasteiger charge is 2.33. The van der Waals surface area contributed by atoms with Crippen LogP contribution in [0.4, 0.5) is 19.7 Å². The average Bonchev–Trinajstić information content (AvgIpc) is 3.93. The van der Waals surface area contributed by atoms with Gasteiger partial charge in [-0.2, -0.15) is 5.21 Å². The third-order valence-corrected chi connectivity index (χ3v) is 10.7. The topological polar surface area (TPSA) is 210 Å². The molecule has 1 saturated heterocycles. The number of carbonyl (C=O) groups is 5. The second-order valence-electron chi connectivity index (χ2n) is 17.9. The maximum absolute atomic E-state index is 16.0. The second-order valence-corrected chi connectivity index (χ2v) is 17.9. The number of aromatic amines is 1. The molecule has 1 aliphatic heterocycles. The Hall–Kier alpha value is -6.39. The van der Waals surface area contributed by atoms with Crippen LogP contribution < -0.4 is 21.3 Å². The van der Waals surface area contributed by atoms with Gasteiger partial charge < -0.3 is 35.6 Å². The number of alkyl carbamates (subject to hydrolysis) is 1. The van der Waals surface area contributed by atoms with Gasteiger partial charge in [0.05, 0.1) is 5.56 Å². The third kappa shape index (κ3) is 12.6. The van der Waals surface area contributed by atoms with Crippen molar-refractivity contribution < 1.29 is 37.8 Å². The third-order valence-electron chi connectivity index (χ3n) is 10.7. The quantitative estimate of drug-likeness (QED) is 0.106. The monoisotopic (exact) mass is 853 g/mol. The zero-order valence-electron chi connectivity index (χ0n) is 36.0. The van der Waals surface area contributed by atoms with E-state index in [4.69, 9.17) is 9.47 Å². The minimum Gasteiger partial charge on any atom is -0.444 e. The molecule has 6 rings (SSSR count). The van der Waals surface area contributed by atoms with Gasteiger partial charge in [0, 0.05) is 54.8 Å². The van der Waals surface area contributed by atoms with Gasteiger partial charge in [0.15, 0.2) is 0 Å². The van der Waals surface area contributed by atoms with E-state index in [0.717, 1.165) is 12.8 Å². The Balaban J connectivity index is 1.10. The number of ether oxygens (including phenoxy) is 2. The number of tetrazole rings is 1. The van der Waals surface area contributed by atoms with Crippen LogP contribution >= 0.6 is 0 Å². The number of benzene rings is 3. The van der Waals surface area contributed by atoms with Crippen LogP contribution in [0.2, 0.25) is 0 Å². The van der Waals surface area contributed by atoms with Gasteiger partial charge in [0.25, 0.3) is 5.91 Å². The number of likely N-dealkylation sites (tertiary alicyclic amines) is 1. The Morgan fingerprint density at radius 1 is 0.855 bits per heavy atom. The minimum absolute atomic E-state index is 0.125. The molecule has 0 bridgehead atoms. The molecule has 4 aromatic rings. The summed E-state index contributed by atoms with van der Waals surface area (Å²) >= 11 is 0. The van der Waals surface area contributed by atoms with E-state index >= 15 is 4.39 Å². The fraction of sp³-hybridized carbons (Fsp3) is 0.467. The first-order valence-corrected chi connectivity index (χ1v) is 21.0. The highest BCUT2D eigenvalue weighted by Crippen LogP contribution is 2.30. The Morgan fingerprint density at radius 2 is 1.53 bits per heavy atom. The molecule has 3 aromatic carbocycles. The zero-order valence-corrected chi connectivity index (χ0v) is 36.0. The molecular weight excluding hydrogens is 798 g/mol. The van der Waals surface area contributed by atoms with Crippen LogP contribution in [-0.4, -0.2) is 98.4 Å². The fourth-order valence-corrected chi connectivity index (χ4v) is 7.51. The van der Waals surface area contributed by atoms with Gasteiger partial charge in [-0.05, 0) is 126 Å². The maximum atomic E-state index is 16.0. The number of hydrogen-bond donors (Lipinski definition) is 5. The van der Waals surface area contributed by atoms with Crippen LogP contribution in [0.5, 0.6) is 0 Å². The lowest BCUT2D eigenvalue weighted by Gasteiger charge is -2.29. The summed E-state index contributed by atoms with van der Waals surface area (Å²) in [6, 6.07) is 17.2. The normalized spacial score (nSPS) is 18.3. The number of nitrogens with one attached hydrogen (secondary N) is 5. The lowest BCUT2D eigenvalue weighted by atomic mass is 9.81. The molecule has 1 saturated carbocycles. The van der Waals surface area contributed by atoms with Crippen molar-refractivity contribution in [3.63, 3.8) is 0 Å². The van der Waals surface area contributed by atoms with E-state index in [9.17, 15) is 24.0 Å². The van der Waals surface area contributed by atoms with E-state index in [-0.39, 0.29) is 47.9 Å². The molecule has 16 nitrogen and oxygen atoms in total. The van der Waals surface area contributed by atoms with E-state index < -0.39 is 47.1 Å². The molecule has 0 spiro atoms. The van der Waals surface area contributed by atoms with Crippen molar-refractivity contribution in [3.8, 4) is 22.5 Å². The van der Waals surface area contributed by atoms with Crippen LogP contribution in [-0.2, 0) is 25.5 Å². The molecule has 2 aliphatic rings. The Bertz CT molecular complexity index is 2200. The SMILES string of the molecule is CC(C)(C)OC(=O)NCC1CCC(C(=O)NC(Cc2ccc(-c3cccc(C(=O)NC4CCN(C(=O)OC(C)(C)C)C4)c3F)cc2)C(=O)Nc2ccc(-c3nn[nH]n3)cc2)CC1. The predicted molar refractivity (Wildman–Crippen MR) is 229 cm³/mol. The van der Waals surface area contributed by atoms with Crippen molar-refractivity contribution in [1.82, 2.24) is 41.5 Å². The van der Waals surface area contributed by atoms with Crippen molar-refractivity contribution in [2.24, 2.45) is 11.8 Å². The molecule has 5 amide bonds. The number of nitrogens with zero attached hydrogens (tertiary/aromatic N) is 4. The summed E-state index contributed by atoms with van der Waals surface area (Å²) in [4.78, 5) is 67.1. The van der Waals surface area contributed by atoms with Crippen LogP contribution in [0.25, 0.3) is 22.5 Å². The maximum Gasteiger partial charge on any atom is 0.410 e. The average molecular weight is 854 g/mol. The first-order valence-electron chi connectivity index (χ1n) is 21.0. The lowest BCUT2D eigenvalue weighted by molar-refractivity contribution is -0.130. The van der Waals surface area contributed by atoms with Crippen LogP contribution in [0, 0.1) is 17.7 Å². The van der Waals surface area contributed by atoms with Gasteiger partial charge in [-0.25, -0.2) is 14.0 Å². The number of rotatable bonds is 12. The number of aromatic nitrogens is 4. The first-order chi connectivity index (χ1) is 29.4. The molecule has 17 heteroatoms. The fourth-order valence-electron chi connectivity index (χ4n) is 7.51. The van der Waals surface area contributed by atoms with E-state index in [2.05, 4.69) is 41.9 Å². The van der Waals surface area contributed by atoms with Gasteiger partial charge in [0.2, 0.25) is 17.6 Å². The molecule has 0 radical (unpaired) electrons. The Kier molecular flexibility index (Phi) is 14.2. The van der Waals surface area contributed by atoms with Crippen LogP contribution in [0.3, 0.4) is 0 Å². The summed E-state index contributed by atoms with van der Waals surface area (Å²) in [5.41, 5.74) is 1.27. The van der Waals surface area contributed by atoms with Gasteiger partial charge in [-0.1, -0.05) is 36.4 Å². The number of anilines is 1. The van der Waals surface area contributed by atoms with E-state index in [1.54, 1.807) is 102 Å². The van der Waals surface area contributed by atoms with E-state index in [1.165, 1.54) is 11.0 Å². The van der Waals surface area contributed by atoms with Crippen molar-refractivity contribution >= 4 is 35.6 Å². The van der Waals surface area contributed by atoms with Gasteiger partial charge >= 0.3 is 12.2 Å². The molecule has 5 N–H and O–H groups in total. The van der Waals surface area contributed by atoms with Gasteiger partial charge in [-0.3, -0.25) is 14.4 Å². The summed E-state index contributed by atoms with van der Waals surface area (Å²) in [6.45, 7) is 11.9. The molecule has 62 heavy (non-hydrogen) atoms. The molecule has 330 valence electrons. The van der Waals surface area contributed by atoms with E-state index in [1.807, 2.05) is 0 Å². The molecule has 1 aliphatic carbocycles. The molecule has 2 heterocycles. The van der Waals surface area contributed by atoms with Crippen molar-refractivity contribution in [2.75, 3.05) is 25.0 Å². The molecule has 2 fully saturated rings. The molecular formula is C45H56FN9O7. The van der Waals surface area contributed by atoms with Crippen molar-refractivity contribution in [3.05, 3.63) is 83.7 Å². The summed E-state index contributed by atoms with van der Waals surface area (Å²) in [5.74, 6) is -1.65. The smallest absolute Gasteiger partial charge is 0.410 e. The summed E-state index contributed by atoms with van der Waals surface area (Å²) in [5, 5.41) is 25.6. The molecule has 2 unspecified atom stereocenters. The predicted octanol–water partition coefficient (Wildman–Crippen LogP) is 6.41. The van der Waals surface area contributed by atoms with Crippen LogP contribution in [0.15, 0.2) is 66.7 Å². The number of amides is 5. The summed E-state index contributed by atoms with van der Waals surface area (Å²) in [7, 11) is 0. The lowest BCUT2D eigenvalue weighted by Crippen LogP contribution is -2.48. The van der Waals surface area contributed by atoms with Crippen molar-refractivity contribution in [2.45, 2.75) is 103 Å². The number of halogens is 1. The number of carbonyl (C=O) groups excluding carboxylic acids is 5. The van der Waals surface area contributed by atoms with E-state index in [0.29, 0.717) is 60.6 Å². The van der Waals surface area contributed by atoms with Crippen LogP contribution in [0.1, 0.15) is 89.6 Å². The highest BCUT2D eigenvalue weighted by molar-refractivity contribution is 5.98. The zero-order chi connectivity index (χ0) is 44.6. The van der Waals surface area contributed by atoms with Gasteiger partial charge in [0.1, 0.15) is 23.1 Å². The number of hydrogen-bond acceptors (Lipinski definition) is 10. The molecule has 2 atom stereocenters. The second kappa shape index (κ2) is 19.5. The first kappa shape index (κ1) is 45.1.